The van der Waals surface area contributed by atoms with Crippen molar-refractivity contribution in [2.24, 2.45) is 0 Å². The van der Waals surface area contributed by atoms with Crippen molar-refractivity contribution in [3.63, 3.8) is 0 Å². The molecule has 0 aliphatic rings. The average Bonchev–Trinajstić information content (AvgIpc) is 3.00. The Labute approximate surface area is 250 Å². The number of aliphatic hydroxyl groups excluding tert-OH is 1. The molecule has 234 valence electrons. The van der Waals surface area contributed by atoms with Crippen molar-refractivity contribution in [3.8, 4) is 17.2 Å². The number of rotatable bonds is 13. The molecular formula is C28H28F3N5O7S. The molecule has 0 radical (unpaired) electrons. The molecule has 0 aliphatic heterocycles. The Morgan fingerprint density at radius 1 is 0.955 bits per heavy atom. The summed E-state index contributed by atoms with van der Waals surface area (Å²) in [5.74, 6) is -0.514. The number of benzene rings is 3. The summed E-state index contributed by atoms with van der Waals surface area (Å²) >= 11 is 0. The van der Waals surface area contributed by atoms with Crippen molar-refractivity contribution in [2.45, 2.75) is 17.5 Å². The fraction of sp³-hybridized carbons (Fsp3) is 0.250. The number of aliphatic hydroxyl groups is 1. The quantitative estimate of drug-likeness (QED) is 0.156. The van der Waals surface area contributed by atoms with E-state index in [0.717, 1.165) is 6.07 Å². The van der Waals surface area contributed by atoms with Gasteiger partial charge in [-0.2, -0.15) is 13.2 Å². The standard InChI is InChI=1S/C28H28F3N5O7S/c1-41-18-14-22(24(23(15-18)42-2)43-12-6-11-37)35-25-26(34-21-10-4-3-9-20(21)33-25)36-44(39,40)19-8-5-7-17(13-19)27(38)32-16-28(29,30)31/h3-5,7-10,13-15,37H,6,11-12,16H2,1-2H3,(H,32,38)(H,33,35)(H,34,36). The molecule has 0 aliphatic carbocycles. The minimum Gasteiger partial charge on any atom is -0.497 e. The van der Waals surface area contributed by atoms with Crippen molar-refractivity contribution < 1.29 is 45.7 Å². The van der Waals surface area contributed by atoms with Crippen molar-refractivity contribution >= 4 is 44.3 Å². The van der Waals surface area contributed by atoms with Gasteiger partial charge in [0.25, 0.3) is 15.9 Å². The van der Waals surface area contributed by atoms with Gasteiger partial charge in [-0.15, -0.1) is 0 Å². The van der Waals surface area contributed by atoms with E-state index in [-0.39, 0.29) is 47.6 Å². The number of aromatic nitrogens is 2. The van der Waals surface area contributed by atoms with E-state index < -0.39 is 33.5 Å². The van der Waals surface area contributed by atoms with Crippen LogP contribution in [0.15, 0.2) is 65.6 Å². The summed E-state index contributed by atoms with van der Waals surface area (Å²) in [6.07, 6.45) is -4.32. The van der Waals surface area contributed by atoms with E-state index in [9.17, 15) is 31.5 Å². The van der Waals surface area contributed by atoms with Crippen LogP contribution in [0.2, 0.25) is 0 Å². The Bertz CT molecular complexity index is 1750. The van der Waals surface area contributed by atoms with E-state index >= 15 is 0 Å². The number of para-hydroxylation sites is 2. The SMILES string of the molecule is COc1cc(Nc2nc3ccccc3nc2NS(=O)(=O)c2cccc(C(=O)NCC(F)(F)F)c2)c(OCCCO)c(OC)c1. The Balaban J connectivity index is 1.74. The third-order valence-corrected chi connectivity index (χ3v) is 7.28. The maximum Gasteiger partial charge on any atom is 0.405 e. The molecule has 0 bridgehead atoms. The highest BCUT2D eigenvalue weighted by Crippen LogP contribution is 2.42. The zero-order chi connectivity index (χ0) is 31.9. The summed E-state index contributed by atoms with van der Waals surface area (Å²) in [6, 6.07) is 14.3. The highest BCUT2D eigenvalue weighted by molar-refractivity contribution is 7.92. The predicted molar refractivity (Wildman–Crippen MR) is 155 cm³/mol. The Kier molecular flexibility index (Phi) is 9.95. The second kappa shape index (κ2) is 13.6. The van der Waals surface area contributed by atoms with Gasteiger partial charge in [0.15, 0.2) is 23.1 Å². The molecule has 0 saturated carbocycles. The minimum absolute atomic E-state index is 0.0475. The number of fused-ring (bicyclic) bond motifs is 1. The predicted octanol–water partition coefficient (Wildman–Crippen LogP) is 4.24. The molecule has 4 rings (SSSR count). The second-order valence-corrected chi connectivity index (χ2v) is 10.8. The first-order valence-corrected chi connectivity index (χ1v) is 14.4. The molecule has 0 fully saturated rings. The van der Waals surface area contributed by atoms with Crippen LogP contribution in [0.4, 0.5) is 30.5 Å². The molecule has 1 aromatic heterocycles. The van der Waals surface area contributed by atoms with Gasteiger partial charge in [-0.3, -0.25) is 9.52 Å². The smallest absolute Gasteiger partial charge is 0.405 e. The Hall–Kier alpha value is -4.83. The number of hydrogen-bond donors (Lipinski definition) is 4. The fourth-order valence-electron chi connectivity index (χ4n) is 3.89. The normalized spacial score (nSPS) is 11.6. The Morgan fingerprint density at radius 3 is 2.30 bits per heavy atom. The van der Waals surface area contributed by atoms with Gasteiger partial charge in [-0.1, -0.05) is 18.2 Å². The summed E-state index contributed by atoms with van der Waals surface area (Å²) in [4.78, 5) is 20.8. The third-order valence-electron chi connectivity index (χ3n) is 5.94. The lowest BCUT2D eigenvalue weighted by molar-refractivity contribution is -0.123. The van der Waals surface area contributed by atoms with Gasteiger partial charge in [0.05, 0.1) is 42.4 Å². The van der Waals surface area contributed by atoms with Crippen LogP contribution < -0.4 is 29.6 Å². The zero-order valence-electron chi connectivity index (χ0n) is 23.4. The summed E-state index contributed by atoms with van der Waals surface area (Å²) < 4.78 is 83.6. The molecule has 16 heteroatoms. The third kappa shape index (κ3) is 7.96. The van der Waals surface area contributed by atoms with Crippen LogP contribution in [0.1, 0.15) is 16.8 Å². The highest BCUT2D eigenvalue weighted by atomic mass is 32.2. The van der Waals surface area contributed by atoms with E-state index in [1.54, 1.807) is 41.7 Å². The number of hydrogen-bond acceptors (Lipinski definition) is 10. The summed E-state index contributed by atoms with van der Waals surface area (Å²) in [6.45, 7) is -1.57. The van der Waals surface area contributed by atoms with Gasteiger partial charge >= 0.3 is 6.18 Å². The van der Waals surface area contributed by atoms with Crippen LogP contribution in [0.3, 0.4) is 0 Å². The molecule has 4 N–H and O–H groups in total. The number of carbonyl (C=O) groups is 1. The lowest BCUT2D eigenvalue weighted by atomic mass is 10.2. The number of halogens is 3. The average molecular weight is 636 g/mol. The van der Waals surface area contributed by atoms with E-state index in [1.165, 1.54) is 32.4 Å². The van der Waals surface area contributed by atoms with E-state index in [1.807, 2.05) is 0 Å². The van der Waals surface area contributed by atoms with Crippen molar-refractivity contribution in [1.29, 1.82) is 0 Å². The van der Waals surface area contributed by atoms with Gasteiger partial charge in [0.2, 0.25) is 0 Å². The van der Waals surface area contributed by atoms with Crippen LogP contribution in [0.25, 0.3) is 11.0 Å². The van der Waals surface area contributed by atoms with Gasteiger partial charge in [-0.25, -0.2) is 18.4 Å². The number of nitrogens with one attached hydrogen (secondary N) is 3. The maximum atomic E-state index is 13.5. The lowest BCUT2D eigenvalue weighted by Gasteiger charge is -2.19. The minimum atomic E-state index is -4.64. The summed E-state index contributed by atoms with van der Waals surface area (Å²) in [5, 5.41) is 13.9. The number of nitrogens with zero attached hydrogens (tertiary/aromatic N) is 2. The van der Waals surface area contributed by atoms with Gasteiger partial charge in [0, 0.05) is 30.7 Å². The number of anilines is 3. The molecule has 1 amide bonds. The molecule has 0 spiro atoms. The molecule has 0 saturated heterocycles. The number of amides is 1. The van der Waals surface area contributed by atoms with Crippen LogP contribution >= 0.6 is 0 Å². The molecule has 0 unspecified atom stereocenters. The number of sulfonamides is 1. The number of alkyl halides is 3. The van der Waals surface area contributed by atoms with Crippen LogP contribution in [-0.2, 0) is 10.0 Å². The van der Waals surface area contributed by atoms with E-state index in [2.05, 4.69) is 20.0 Å². The maximum absolute atomic E-state index is 13.5. The largest absolute Gasteiger partial charge is 0.497 e. The highest BCUT2D eigenvalue weighted by Gasteiger charge is 2.28. The first-order chi connectivity index (χ1) is 20.9. The second-order valence-electron chi connectivity index (χ2n) is 9.10. The van der Waals surface area contributed by atoms with Crippen LogP contribution in [0.5, 0.6) is 17.2 Å². The molecule has 0 atom stereocenters. The first kappa shape index (κ1) is 32.1. The number of ether oxygens (including phenoxy) is 3. The fourth-order valence-corrected chi connectivity index (χ4v) is 4.94. The Morgan fingerprint density at radius 2 is 1.66 bits per heavy atom. The molecule has 12 nitrogen and oxygen atoms in total. The van der Waals surface area contributed by atoms with Gasteiger partial charge < -0.3 is 30.0 Å². The van der Waals surface area contributed by atoms with Crippen LogP contribution in [-0.4, -0.2) is 69.6 Å². The molecule has 44 heavy (non-hydrogen) atoms. The molecular weight excluding hydrogens is 607 g/mol. The first-order valence-electron chi connectivity index (χ1n) is 13.0. The number of carbonyl (C=O) groups excluding carboxylic acids is 1. The van der Waals surface area contributed by atoms with Crippen LogP contribution in [0, 0.1) is 0 Å². The summed E-state index contributed by atoms with van der Waals surface area (Å²) in [7, 11) is -1.59. The van der Waals surface area contributed by atoms with E-state index in [4.69, 9.17) is 14.2 Å². The number of methoxy groups -OCH3 is 2. The molecule has 4 aromatic rings. The lowest BCUT2D eigenvalue weighted by Crippen LogP contribution is -2.33. The van der Waals surface area contributed by atoms with Crippen molar-refractivity contribution in [3.05, 3.63) is 66.2 Å². The van der Waals surface area contributed by atoms with Crippen molar-refractivity contribution in [2.75, 3.05) is 44.0 Å². The van der Waals surface area contributed by atoms with Gasteiger partial charge in [-0.05, 0) is 30.3 Å². The van der Waals surface area contributed by atoms with Crippen molar-refractivity contribution in [1.82, 2.24) is 15.3 Å². The van der Waals surface area contributed by atoms with E-state index in [0.29, 0.717) is 23.2 Å². The zero-order valence-corrected chi connectivity index (χ0v) is 24.3. The summed E-state index contributed by atoms with van der Waals surface area (Å²) in [5.41, 5.74) is 0.735. The monoisotopic (exact) mass is 635 g/mol. The molecule has 3 aromatic carbocycles. The van der Waals surface area contributed by atoms with Gasteiger partial charge in [0.1, 0.15) is 12.3 Å². The topological polar surface area (TPSA) is 161 Å². The molecule has 1 heterocycles.